The van der Waals surface area contributed by atoms with Gasteiger partial charge in [0.1, 0.15) is 5.82 Å². The smallest absolute Gasteiger partial charge is 0.291 e. The summed E-state index contributed by atoms with van der Waals surface area (Å²) < 4.78 is 2.17. The van der Waals surface area contributed by atoms with Gasteiger partial charge in [0.15, 0.2) is 0 Å². The van der Waals surface area contributed by atoms with Gasteiger partial charge in [-0.3, -0.25) is 9.69 Å². The first-order valence-corrected chi connectivity index (χ1v) is 13.6. The Morgan fingerprint density at radius 2 is 1.88 bits per heavy atom. The van der Waals surface area contributed by atoms with E-state index in [4.69, 9.17) is 0 Å². The van der Waals surface area contributed by atoms with Crippen LogP contribution in [0.5, 0.6) is 0 Å². The Morgan fingerprint density at radius 1 is 1.06 bits per heavy atom. The largest absolute Gasteiger partial charge is 0.336 e. The molecule has 0 N–H and O–H groups in total. The number of thiophene rings is 1. The van der Waals surface area contributed by atoms with Crippen LogP contribution in [-0.2, 0) is 24.9 Å². The molecular weight excluding hydrogens is 442 g/mol. The lowest BCUT2D eigenvalue weighted by Gasteiger charge is -2.38. The van der Waals surface area contributed by atoms with Gasteiger partial charge in [0.05, 0.1) is 0 Å². The number of aryl methyl sites for hydroxylation is 2. The second kappa shape index (κ2) is 8.93. The van der Waals surface area contributed by atoms with Crippen LogP contribution < -0.4 is 0 Å². The van der Waals surface area contributed by atoms with Crippen LogP contribution in [0.25, 0.3) is 0 Å². The minimum atomic E-state index is 0.0595. The van der Waals surface area contributed by atoms with Crippen molar-refractivity contribution in [2.75, 3.05) is 19.6 Å². The molecule has 0 aliphatic carbocycles. The van der Waals surface area contributed by atoms with Crippen molar-refractivity contribution < 1.29 is 4.79 Å². The standard InChI is InChI=1S/C27H33N5OS/c1-20-11-17-34-22(20)18-31-16-13-27(21-8-4-2-5-9-21)12-10-24-28-29-25(32(24)19-23(27)31)26(33)30-14-6-3-7-15-30/h2,4-5,8-9,11,17,23H,3,6-7,10,12-16,18-19H2,1H3/t23-,27+/m1/s1. The predicted octanol–water partition coefficient (Wildman–Crippen LogP) is 4.43. The lowest BCUT2D eigenvalue weighted by molar-refractivity contribution is 0.0702. The number of carbonyl (C=O) groups is 1. The van der Waals surface area contributed by atoms with Crippen molar-refractivity contribution in [3.05, 3.63) is 69.4 Å². The molecule has 7 heteroatoms. The summed E-state index contributed by atoms with van der Waals surface area (Å²) in [5.41, 5.74) is 2.87. The first-order valence-electron chi connectivity index (χ1n) is 12.7. The molecule has 2 fully saturated rings. The number of carbonyl (C=O) groups excluding carboxylic acids is 1. The van der Waals surface area contributed by atoms with Crippen LogP contribution in [0.4, 0.5) is 0 Å². The van der Waals surface area contributed by atoms with Crippen LogP contribution >= 0.6 is 11.3 Å². The molecule has 2 atom stereocenters. The lowest BCUT2D eigenvalue weighted by atomic mass is 9.71. The van der Waals surface area contributed by atoms with E-state index in [9.17, 15) is 4.79 Å². The van der Waals surface area contributed by atoms with Gasteiger partial charge in [-0.05, 0) is 68.1 Å². The van der Waals surface area contributed by atoms with Crippen molar-refractivity contribution in [2.45, 2.75) is 70.0 Å². The third kappa shape index (κ3) is 3.69. The Bertz CT molecular complexity index is 1160. The van der Waals surface area contributed by atoms with Crippen LogP contribution in [0, 0.1) is 6.92 Å². The number of benzene rings is 1. The number of hydrogen-bond donors (Lipinski definition) is 0. The fourth-order valence-corrected chi connectivity index (χ4v) is 7.34. The van der Waals surface area contributed by atoms with Crippen molar-refractivity contribution >= 4 is 17.2 Å². The highest BCUT2D eigenvalue weighted by molar-refractivity contribution is 7.10. The van der Waals surface area contributed by atoms with Gasteiger partial charge in [-0.2, -0.15) is 0 Å². The fraction of sp³-hybridized carbons (Fsp3) is 0.519. The second-order valence-electron chi connectivity index (χ2n) is 10.2. The van der Waals surface area contributed by atoms with E-state index in [0.717, 1.165) is 70.7 Å². The first-order chi connectivity index (χ1) is 16.7. The molecule has 0 bridgehead atoms. The van der Waals surface area contributed by atoms with Crippen molar-refractivity contribution in [2.24, 2.45) is 0 Å². The van der Waals surface area contributed by atoms with E-state index in [1.54, 1.807) is 0 Å². The van der Waals surface area contributed by atoms with Crippen LogP contribution in [0.1, 0.15) is 64.6 Å². The Labute approximate surface area is 205 Å². The summed E-state index contributed by atoms with van der Waals surface area (Å²) in [6.45, 7) is 6.70. The maximum atomic E-state index is 13.5. The molecule has 6 nitrogen and oxygen atoms in total. The SMILES string of the molecule is Cc1ccsc1CN1CC[C@]2(c3ccccc3)CCc3nnc(C(=O)N4CCCCC4)n3C[C@@H]12. The Hall–Kier alpha value is -2.51. The van der Waals surface area contributed by atoms with E-state index in [2.05, 4.69) is 68.4 Å². The van der Waals surface area contributed by atoms with Crippen LogP contribution in [-0.4, -0.2) is 56.1 Å². The Kier molecular flexibility index (Phi) is 5.77. The Balaban J connectivity index is 1.37. The molecular formula is C27H33N5OS. The van der Waals surface area contributed by atoms with Gasteiger partial charge in [-0.1, -0.05) is 30.3 Å². The zero-order valence-corrected chi connectivity index (χ0v) is 20.8. The highest BCUT2D eigenvalue weighted by Gasteiger charge is 2.50. The van der Waals surface area contributed by atoms with Crippen LogP contribution in [0.2, 0.25) is 0 Å². The maximum absolute atomic E-state index is 13.5. The number of nitrogens with zero attached hydrogens (tertiary/aromatic N) is 5. The number of likely N-dealkylation sites (tertiary alicyclic amines) is 2. The van der Waals surface area contributed by atoms with Gasteiger partial charge >= 0.3 is 0 Å². The Morgan fingerprint density at radius 3 is 2.65 bits per heavy atom. The van der Waals surface area contributed by atoms with Gasteiger partial charge in [-0.15, -0.1) is 21.5 Å². The van der Waals surface area contributed by atoms with E-state index >= 15 is 0 Å². The van der Waals surface area contributed by atoms with Crippen molar-refractivity contribution in [3.8, 4) is 0 Å². The van der Waals surface area contributed by atoms with Crippen LogP contribution in [0.15, 0.2) is 41.8 Å². The van der Waals surface area contributed by atoms with E-state index in [-0.39, 0.29) is 11.3 Å². The third-order valence-electron chi connectivity index (χ3n) is 8.40. The topological polar surface area (TPSA) is 54.3 Å². The summed E-state index contributed by atoms with van der Waals surface area (Å²) in [6, 6.07) is 13.6. The molecule has 1 amide bonds. The number of piperidine rings is 1. The van der Waals surface area contributed by atoms with Gasteiger partial charge in [0.2, 0.25) is 5.82 Å². The van der Waals surface area contributed by atoms with Gasteiger partial charge < -0.3 is 9.47 Å². The van der Waals surface area contributed by atoms with E-state index in [1.807, 2.05) is 16.2 Å². The quantitative estimate of drug-likeness (QED) is 0.560. The molecule has 178 valence electrons. The van der Waals surface area contributed by atoms with Crippen molar-refractivity contribution in [1.29, 1.82) is 0 Å². The molecule has 6 rings (SSSR count). The van der Waals surface area contributed by atoms with E-state index in [1.165, 1.54) is 22.4 Å². The van der Waals surface area contributed by atoms with Gasteiger partial charge in [-0.25, -0.2) is 0 Å². The average Bonchev–Trinajstić information content (AvgIpc) is 3.55. The molecule has 0 unspecified atom stereocenters. The summed E-state index contributed by atoms with van der Waals surface area (Å²) in [4.78, 5) is 19.6. The molecule has 0 saturated carbocycles. The summed E-state index contributed by atoms with van der Waals surface area (Å²) in [6.07, 6.45) is 6.41. The number of aromatic nitrogens is 3. The molecule has 3 aliphatic heterocycles. The second-order valence-corrected chi connectivity index (χ2v) is 11.2. The molecule has 2 saturated heterocycles. The molecule has 3 aliphatic rings. The van der Waals surface area contributed by atoms with E-state index < -0.39 is 0 Å². The summed E-state index contributed by atoms with van der Waals surface area (Å²) in [5, 5.41) is 11.2. The summed E-state index contributed by atoms with van der Waals surface area (Å²) >= 11 is 1.86. The minimum Gasteiger partial charge on any atom is -0.336 e. The highest BCUT2D eigenvalue weighted by atomic mass is 32.1. The number of fused-ring (bicyclic) bond motifs is 2. The minimum absolute atomic E-state index is 0.0595. The van der Waals surface area contributed by atoms with Crippen molar-refractivity contribution in [3.63, 3.8) is 0 Å². The molecule has 0 spiro atoms. The molecule has 1 aromatic carbocycles. The summed E-state index contributed by atoms with van der Waals surface area (Å²) in [7, 11) is 0. The monoisotopic (exact) mass is 475 g/mol. The number of rotatable bonds is 4. The fourth-order valence-electron chi connectivity index (χ4n) is 6.40. The molecule has 2 aromatic heterocycles. The molecule has 5 heterocycles. The van der Waals surface area contributed by atoms with Crippen molar-refractivity contribution in [1.82, 2.24) is 24.6 Å². The van der Waals surface area contributed by atoms with Crippen LogP contribution in [0.3, 0.4) is 0 Å². The normalized spacial score (nSPS) is 25.1. The first kappa shape index (κ1) is 22.0. The number of hydrogen-bond acceptors (Lipinski definition) is 5. The number of amides is 1. The van der Waals surface area contributed by atoms with Gasteiger partial charge in [0, 0.05) is 48.9 Å². The molecule has 3 aromatic rings. The lowest BCUT2D eigenvalue weighted by Crippen LogP contribution is -2.45. The average molecular weight is 476 g/mol. The molecule has 34 heavy (non-hydrogen) atoms. The zero-order valence-electron chi connectivity index (χ0n) is 19.9. The van der Waals surface area contributed by atoms with Gasteiger partial charge in [0.25, 0.3) is 5.91 Å². The highest BCUT2D eigenvalue weighted by Crippen LogP contribution is 2.47. The van der Waals surface area contributed by atoms with E-state index in [0.29, 0.717) is 11.9 Å². The summed E-state index contributed by atoms with van der Waals surface area (Å²) in [5.74, 6) is 1.57. The zero-order chi connectivity index (χ0) is 23.1. The maximum Gasteiger partial charge on any atom is 0.291 e. The third-order valence-corrected chi connectivity index (χ3v) is 9.41. The molecule has 0 radical (unpaired) electrons. The predicted molar refractivity (Wildman–Crippen MR) is 134 cm³/mol.